The van der Waals surface area contributed by atoms with Crippen molar-refractivity contribution in [2.24, 2.45) is 7.05 Å². The molecule has 0 bridgehead atoms. The van der Waals surface area contributed by atoms with Crippen LogP contribution < -0.4 is 0 Å². The predicted molar refractivity (Wildman–Crippen MR) is 90.8 cm³/mol. The minimum absolute atomic E-state index is 0.0995. The van der Waals surface area contributed by atoms with E-state index < -0.39 is 0 Å². The zero-order valence-corrected chi connectivity index (χ0v) is 14.7. The lowest BCUT2D eigenvalue weighted by molar-refractivity contribution is 0.0754. The van der Waals surface area contributed by atoms with Gasteiger partial charge in [0, 0.05) is 58.4 Å². The van der Waals surface area contributed by atoms with E-state index in [0.717, 1.165) is 37.4 Å². The van der Waals surface area contributed by atoms with Gasteiger partial charge in [0.25, 0.3) is 5.91 Å². The third kappa shape index (κ3) is 3.91. The van der Waals surface area contributed by atoms with Crippen LogP contribution in [0.25, 0.3) is 0 Å². The Kier molecular flexibility index (Phi) is 5.11. The van der Waals surface area contributed by atoms with Gasteiger partial charge in [0.05, 0.1) is 16.4 Å². The second-order valence-corrected chi connectivity index (χ2v) is 6.48. The maximum absolute atomic E-state index is 12.6. The van der Waals surface area contributed by atoms with E-state index in [0.29, 0.717) is 23.8 Å². The average molecular weight is 349 g/mol. The van der Waals surface area contributed by atoms with Crippen molar-refractivity contribution in [1.82, 2.24) is 29.5 Å². The maximum Gasteiger partial charge on any atom is 0.275 e. The van der Waals surface area contributed by atoms with E-state index in [1.54, 1.807) is 24.1 Å². The van der Waals surface area contributed by atoms with Gasteiger partial charge in [0.1, 0.15) is 0 Å². The number of halogens is 1. The highest BCUT2D eigenvalue weighted by molar-refractivity contribution is 6.33. The zero-order chi connectivity index (χ0) is 17.1. The van der Waals surface area contributed by atoms with Crippen molar-refractivity contribution < 1.29 is 4.79 Å². The molecule has 128 valence electrons. The monoisotopic (exact) mass is 348 g/mol. The third-order valence-corrected chi connectivity index (χ3v) is 4.36. The number of aromatic nitrogens is 4. The van der Waals surface area contributed by atoms with Crippen molar-refractivity contribution in [1.29, 1.82) is 0 Å². The molecule has 0 spiro atoms. The summed E-state index contributed by atoms with van der Waals surface area (Å²) >= 11 is 6.09. The van der Waals surface area contributed by atoms with Crippen LogP contribution in [0.5, 0.6) is 0 Å². The van der Waals surface area contributed by atoms with Gasteiger partial charge in [-0.05, 0) is 13.3 Å². The summed E-state index contributed by atoms with van der Waals surface area (Å²) in [6, 6.07) is 0. The van der Waals surface area contributed by atoms with Crippen molar-refractivity contribution in [2.45, 2.75) is 19.9 Å². The van der Waals surface area contributed by atoms with Crippen molar-refractivity contribution in [3.63, 3.8) is 0 Å². The summed E-state index contributed by atoms with van der Waals surface area (Å²) in [5, 5.41) is 4.57. The van der Waals surface area contributed by atoms with E-state index >= 15 is 0 Å². The molecule has 1 fully saturated rings. The topological polar surface area (TPSA) is 67.2 Å². The van der Waals surface area contributed by atoms with Gasteiger partial charge >= 0.3 is 0 Å². The van der Waals surface area contributed by atoms with Gasteiger partial charge in [-0.3, -0.25) is 24.3 Å². The SMILES string of the molecule is Cc1cnc(CN2CCCN(C(=O)c3nn(C)cc3Cl)CC2)cn1. The van der Waals surface area contributed by atoms with E-state index in [-0.39, 0.29) is 5.91 Å². The summed E-state index contributed by atoms with van der Waals surface area (Å²) in [4.78, 5) is 25.4. The van der Waals surface area contributed by atoms with Crippen molar-refractivity contribution in [2.75, 3.05) is 26.2 Å². The summed E-state index contributed by atoms with van der Waals surface area (Å²) in [5.74, 6) is -0.0995. The molecule has 0 unspecified atom stereocenters. The van der Waals surface area contributed by atoms with E-state index in [1.807, 2.05) is 18.0 Å². The molecule has 3 rings (SSSR count). The van der Waals surface area contributed by atoms with Gasteiger partial charge in [0.2, 0.25) is 0 Å². The van der Waals surface area contributed by atoms with Gasteiger partial charge in [-0.15, -0.1) is 0 Å². The Hall–Kier alpha value is -1.99. The van der Waals surface area contributed by atoms with Crippen LogP contribution in [-0.4, -0.2) is 61.6 Å². The number of hydrogen-bond donors (Lipinski definition) is 0. The average Bonchev–Trinajstić information content (AvgIpc) is 2.75. The molecule has 1 saturated heterocycles. The Morgan fingerprint density at radius 3 is 2.71 bits per heavy atom. The number of nitrogens with zero attached hydrogens (tertiary/aromatic N) is 6. The molecule has 0 N–H and O–H groups in total. The van der Waals surface area contributed by atoms with E-state index in [1.165, 1.54) is 0 Å². The van der Waals surface area contributed by atoms with Crippen LogP contribution in [0.2, 0.25) is 5.02 Å². The van der Waals surface area contributed by atoms with Gasteiger partial charge in [-0.2, -0.15) is 5.10 Å². The number of aryl methyl sites for hydroxylation is 2. The predicted octanol–water partition coefficient (Wildman–Crippen LogP) is 1.52. The molecule has 1 amide bonds. The molecule has 1 aliphatic heterocycles. The smallest absolute Gasteiger partial charge is 0.275 e. The highest BCUT2D eigenvalue weighted by atomic mass is 35.5. The summed E-state index contributed by atoms with van der Waals surface area (Å²) in [7, 11) is 1.76. The summed E-state index contributed by atoms with van der Waals surface area (Å²) in [6.45, 7) is 5.77. The Balaban J connectivity index is 1.61. The van der Waals surface area contributed by atoms with Gasteiger partial charge < -0.3 is 4.90 Å². The quantitative estimate of drug-likeness (QED) is 0.841. The fraction of sp³-hybridized carbons (Fsp3) is 0.500. The van der Waals surface area contributed by atoms with E-state index in [9.17, 15) is 4.79 Å². The minimum Gasteiger partial charge on any atom is -0.336 e. The zero-order valence-electron chi connectivity index (χ0n) is 13.9. The molecule has 1 aliphatic rings. The Morgan fingerprint density at radius 2 is 2.04 bits per heavy atom. The van der Waals surface area contributed by atoms with Gasteiger partial charge in [-0.25, -0.2) is 0 Å². The van der Waals surface area contributed by atoms with E-state index in [2.05, 4.69) is 20.0 Å². The van der Waals surface area contributed by atoms with Crippen LogP contribution in [0.4, 0.5) is 0 Å². The summed E-state index contributed by atoms with van der Waals surface area (Å²) in [5.41, 5.74) is 2.20. The number of rotatable bonds is 3. The van der Waals surface area contributed by atoms with Crippen LogP contribution in [0.1, 0.15) is 28.3 Å². The molecule has 0 aromatic carbocycles. The van der Waals surface area contributed by atoms with Crippen LogP contribution in [0, 0.1) is 6.92 Å². The molecule has 8 heteroatoms. The first kappa shape index (κ1) is 16.9. The molecular formula is C16H21ClN6O. The van der Waals surface area contributed by atoms with Gasteiger partial charge in [0.15, 0.2) is 5.69 Å². The minimum atomic E-state index is -0.0995. The number of carbonyl (C=O) groups is 1. The molecule has 3 heterocycles. The van der Waals surface area contributed by atoms with Crippen molar-refractivity contribution >= 4 is 17.5 Å². The lowest BCUT2D eigenvalue weighted by atomic mass is 10.3. The Morgan fingerprint density at radius 1 is 1.21 bits per heavy atom. The summed E-state index contributed by atoms with van der Waals surface area (Å²) < 4.78 is 1.57. The highest BCUT2D eigenvalue weighted by Gasteiger charge is 2.24. The molecule has 0 saturated carbocycles. The fourth-order valence-corrected chi connectivity index (χ4v) is 3.08. The molecule has 24 heavy (non-hydrogen) atoms. The van der Waals surface area contributed by atoms with Crippen LogP contribution >= 0.6 is 11.6 Å². The van der Waals surface area contributed by atoms with Crippen LogP contribution in [-0.2, 0) is 13.6 Å². The summed E-state index contributed by atoms with van der Waals surface area (Å²) in [6.07, 6.45) is 6.16. The fourth-order valence-electron chi connectivity index (χ4n) is 2.82. The first-order valence-corrected chi connectivity index (χ1v) is 8.39. The highest BCUT2D eigenvalue weighted by Crippen LogP contribution is 2.17. The third-order valence-electron chi connectivity index (χ3n) is 4.08. The second kappa shape index (κ2) is 7.27. The number of hydrogen-bond acceptors (Lipinski definition) is 5. The molecule has 2 aromatic rings. The lowest BCUT2D eigenvalue weighted by Crippen LogP contribution is -2.35. The molecular weight excluding hydrogens is 328 g/mol. The standard InChI is InChI=1S/C16H21ClN6O/c1-12-8-19-13(9-18-12)10-22-4-3-5-23(7-6-22)16(24)15-14(17)11-21(2)20-15/h8-9,11H,3-7,10H2,1-2H3. The molecule has 0 atom stereocenters. The second-order valence-electron chi connectivity index (χ2n) is 6.07. The molecule has 2 aromatic heterocycles. The largest absolute Gasteiger partial charge is 0.336 e. The van der Waals surface area contributed by atoms with Crippen molar-refractivity contribution in [3.05, 3.63) is 40.7 Å². The van der Waals surface area contributed by atoms with Crippen LogP contribution in [0.15, 0.2) is 18.6 Å². The molecule has 0 radical (unpaired) electrons. The van der Waals surface area contributed by atoms with Gasteiger partial charge in [-0.1, -0.05) is 11.6 Å². The first-order chi connectivity index (χ1) is 11.5. The Bertz CT molecular complexity index is 714. The molecule has 0 aliphatic carbocycles. The normalized spacial score (nSPS) is 16.2. The van der Waals surface area contributed by atoms with Crippen LogP contribution in [0.3, 0.4) is 0 Å². The number of amides is 1. The maximum atomic E-state index is 12.6. The lowest BCUT2D eigenvalue weighted by Gasteiger charge is -2.21. The number of carbonyl (C=O) groups excluding carboxylic acids is 1. The molecule has 7 nitrogen and oxygen atoms in total. The van der Waals surface area contributed by atoms with E-state index in [4.69, 9.17) is 11.6 Å². The first-order valence-electron chi connectivity index (χ1n) is 8.01. The Labute approximate surface area is 146 Å². The van der Waals surface area contributed by atoms with Crippen molar-refractivity contribution in [3.8, 4) is 0 Å².